The molecule has 4 aromatic rings. The summed E-state index contributed by atoms with van der Waals surface area (Å²) < 4.78 is 17.1. The van der Waals surface area contributed by atoms with E-state index in [0.29, 0.717) is 18.1 Å². The number of methoxy groups -OCH3 is 1. The van der Waals surface area contributed by atoms with Crippen molar-refractivity contribution in [1.29, 1.82) is 0 Å². The maximum Gasteiger partial charge on any atom is 0.329 e. The molecular formula is C19H19N5O3. The van der Waals surface area contributed by atoms with Crippen molar-refractivity contribution in [3.8, 4) is 22.6 Å². The molecule has 0 N–H and O–H groups in total. The van der Waals surface area contributed by atoms with Crippen molar-refractivity contribution in [3.05, 3.63) is 35.1 Å². The molecular weight excluding hydrogens is 346 g/mol. The van der Waals surface area contributed by atoms with E-state index in [1.54, 1.807) is 40.4 Å². The first kappa shape index (κ1) is 15.9. The van der Waals surface area contributed by atoms with Gasteiger partial charge in [0.25, 0.3) is 0 Å². The van der Waals surface area contributed by atoms with E-state index in [1.807, 2.05) is 26.2 Å². The van der Waals surface area contributed by atoms with Gasteiger partial charge in [0.15, 0.2) is 0 Å². The van der Waals surface area contributed by atoms with Crippen LogP contribution in [0.5, 0.6) is 11.5 Å². The smallest absolute Gasteiger partial charge is 0.329 e. The van der Waals surface area contributed by atoms with Gasteiger partial charge in [0, 0.05) is 31.9 Å². The van der Waals surface area contributed by atoms with Crippen molar-refractivity contribution < 1.29 is 9.47 Å². The summed E-state index contributed by atoms with van der Waals surface area (Å²) >= 11 is 0. The van der Waals surface area contributed by atoms with Gasteiger partial charge in [-0.2, -0.15) is 5.10 Å². The molecule has 0 spiro atoms. The topological polar surface area (TPSA) is 76.1 Å². The summed E-state index contributed by atoms with van der Waals surface area (Å²) in [6, 6.07) is 1.79. The third-order valence-electron chi connectivity index (χ3n) is 5.25. The molecule has 0 saturated carbocycles. The van der Waals surface area contributed by atoms with Gasteiger partial charge < -0.3 is 9.47 Å². The third-order valence-corrected chi connectivity index (χ3v) is 5.25. The van der Waals surface area contributed by atoms with E-state index in [2.05, 4.69) is 10.1 Å². The zero-order valence-corrected chi connectivity index (χ0v) is 15.6. The van der Waals surface area contributed by atoms with E-state index in [0.717, 1.165) is 33.1 Å². The predicted octanol–water partition coefficient (Wildman–Crippen LogP) is 2.25. The second-order valence-electron chi connectivity index (χ2n) is 6.94. The van der Waals surface area contributed by atoms with Gasteiger partial charge in [-0.15, -0.1) is 0 Å². The highest BCUT2D eigenvalue weighted by atomic mass is 16.5. The second kappa shape index (κ2) is 5.35. The van der Waals surface area contributed by atoms with Crippen molar-refractivity contribution in [2.45, 2.75) is 13.0 Å². The van der Waals surface area contributed by atoms with E-state index in [9.17, 15) is 4.79 Å². The van der Waals surface area contributed by atoms with Crippen LogP contribution in [0.4, 0.5) is 0 Å². The Kier molecular flexibility index (Phi) is 3.16. The fourth-order valence-corrected chi connectivity index (χ4v) is 3.94. The molecule has 8 nitrogen and oxygen atoms in total. The van der Waals surface area contributed by atoms with Crippen LogP contribution in [0.15, 0.2) is 29.5 Å². The van der Waals surface area contributed by atoms with Gasteiger partial charge in [-0.05, 0) is 6.92 Å². The third kappa shape index (κ3) is 2.00. The first-order chi connectivity index (χ1) is 13.0. The van der Waals surface area contributed by atoms with Crippen molar-refractivity contribution in [2.24, 2.45) is 14.1 Å². The van der Waals surface area contributed by atoms with E-state index >= 15 is 0 Å². The minimum atomic E-state index is -0.105. The van der Waals surface area contributed by atoms with Crippen LogP contribution in [-0.2, 0) is 14.1 Å². The minimum absolute atomic E-state index is 0.0676. The van der Waals surface area contributed by atoms with Crippen LogP contribution >= 0.6 is 0 Å². The highest BCUT2D eigenvalue weighted by molar-refractivity contribution is 6.10. The van der Waals surface area contributed by atoms with Gasteiger partial charge in [0.05, 0.1) is 53.0 Å². The molecule has 0 saturated heterocycles. The lowest BCUT2D eigenvalue weighted by molar-refractivity contribution is 0.267. The molecule has 1 aromatic carbocycles. The van der Waals surface area contributed by atoms with E-state index in [4.69, 9.17) is 9.47 Å². The van der Waals surface area contributed by atoms with Crippen molar-refractivity contribution >= 4 is 21.9 Å². The number of benzene rings is 1. The van der Waals surface area contributed by atoms with Gasteiger partial charge >= 0.3 is 5.69 Å². The number of ether oxygens (including phenoxy) is 2. The van der Waals surface area contributed by atoms with Crippen LogP contribution in [0.2, 0.25) is 0 Å². The largest absolute Gasteiger partial charge is 0.496 e. The van der Waals surface area contributed by atoms with Crippen LogP contribution in [0.1, 0.15) is 13.0 Å². The molecule has 8 heteroatoms. The molecule has 0 bridgehead atoms. The fourth-order valence-electron chi connectivity index (χ4n) is 3.94. The lowest BCUT2D eigenvalue weighted by Gasteiger charge is -2.16. The molecule has 0 aliphatic carbocycles. The lowest BCUT2D eigenvalue weighted by Crippen LogP contribution is -2.27. The van der Waals surface area contributed by atoms with Crippen LogP contribution in [0, 0.1) is 0 Å². The number of nitrogens with zero attached hydrogens (tertiary/aromatic N) is 5. The maximum atomic E-state index is 12.8. The Hall–Kier alpha value is -3.29. The summed E-state index contributed by atoms with van der Waals surface area (Å²) in [4.78, 5) is 17.4. The number of rotatable bonds is 2. The van der Waals surface area contributed by atoms with E-state index in [1.165, 1.54) is 0 Å². The number of aromatic nitrogens is 5. The number of pyridine rings is 1. The number of hydrogen-bond acceptors (Lipinski definition) is 5. The van der Waals surface area contributed by atoms with Gasteiger partial charge in [0.1, 0.15) is 18.1 Å². The summed E-state index contributed by atoms with van der Waals surface area (Å²) in [5, 5.41) is 5.12. The first-order valence-electron chi connectivity index (χ1n) is 8.73. The van der Waals surface area contributed by atoms with Crippen molar-refractivity contribution in [1.82, 2.24) is 23.9 Å². The highest BCUT2D eigenvalue weighted by Gasteiger charge is 2.28. The van der Waals surface area contributed by atoms with Crippen LogP contribution < -0.4 is 15.2 Å². The predicted molar refractivity (Wildman–Crippen MR) is 101 cm³/mol. The summed E-state index contributed by atoms with van der Waals surface area (Å²) in [5.74, 6) is 1.34. The van der Waals surface area contributed by atoms with Gasteiger partial charge in [0.2, 0.25) is 0 Å². The van der Waals surface area contributed by atoms with E-state index in [-0.39, 0.29) is 11.7 Å². The van der Waals surface area contributed by atoms with Crippen LogP contribution in [-0.4, -0.2) is 37.6 Å². The molecule has 1 atom stereocenters. The Bertz CT molecular complexity index is 1280. The molecule has 1 aliphatic heterocycles. The molecule has 0 unspecified atom stereocenters. The molecule has 4 heterocycles. The first-order valence-corrected chi connectivity index (χ1v) is 8.73. The zero-order chi connectivity index (χ0) is 18.9. The monoisotopic (exact) mass is 365 g/mol. The van der Waals surface area contributed by atoms with Crippen molar-refractivity contribution in [2.75, 3.05) is 13.7 Å². The second-order valence-corrected chi connectivity index (χ2v) is 6.94. The average Bonchev–Trinajstić information content (AvgIpc) is 3.15. The standard InChI is InChI=1S/C19H19N5O3/c1-10-9-27-18-15(11-6-21-22(2)8-11)14(26-4)5-12-16(18)17-13(7-20-12)23(3)19(25)24(10)17/h5-8,10H,9H2,1-4H3/t10-/m0/s1. The average molecular weight is 365 g/mol. The maximum absolute atomic E-state index is 12.8. The Balaban J connectivity index is 2.03. The molecule has 5 rings (SSSR count). The summed E-state index contributed by atoms with van der Waals surface area (Å²) in [5.41, 5.74) is 4.01. The molecule has 3 aromatic heterocycles. The van der Waals surface area contributed by atoms with Crippen LogP contribution in [0.25, 0.3) is 33.1 Å². The molecule has 138 valence electrons. The number of aryl methyl sites for hydroxylation is 2. The highest BCUT2D eigenvalue weighted by Crippen LogP contribution is 2.46. The number of hydrogen-bond donors (Lipinski definition) is 0. The van der Waals surface area contributed by atoms with E-state index < -0.39 is 0 Å². The van der Waals surface area contributed by atoms with Gasteiger partial charge in [-0.25, -0.2) is 4.79 Å². The normalized spacial score (nSPS) is 16.1. The Morgan fingerprint density at radius 3 is 2.81 bits per heavy atom. The van der Waals surface area contributed by atoms with Crippen molar-refractivity contribution in [3.63, 3.8) is 0 Å². The zero-order valence-electron chi connectivity index (χ0n) is 15.6. The van der Waals surface area contributed by atoms with Gasteiger partial charge in [-0.1, -0.05) is 0 Å². The summed E-state index contributed by atoms with van der Waals surface area (Å²) in [7, 11) is 5.27. The molecule has 0 amide bonds. The van der Waals surface area contributed by atoms with Gasteiger partial charge in [-0.3, -0.25) is 18.8 Å². The molecule has 0 fully saturated rings. The Morgan fingerprint density at radius 2 is 2.11 bits per heavy atom. The SMILES string of the molecule is COc1cc2ncc3c4c2c(c1-c1cnn(C)c1)OC[C@H](C)n4c(=O)n3C. The fraction of sp³-hybridized carbons (Fsp3) is 0.316. The lowest BCUT2D eigenvalue weighted by atomic mass is 10.0. The Labute approximate surface area is 154 Å². The summed E-state index contributed by atoms with van der Waals surface area (Å²) in [6.07, 6.45) is 5.44. The molecule has 0 radical (unpaired) electrons. The van der Waals surface area contributed by atoms with Crippen LogP contribution in [0.3, 0.4) is 0 Å². The molecule has 27 heavy (non-hydrogen) atoms. The quantitative estimate of drug-likeness (QED) is 0.545. The number of imidazole rings is 1. The minimum Gasteiger partial charge on any atom is -0.496 e. The Morgan fingerprint density at radius 1 is 1.30 bits per heavy atom. The summed E-state index contributed by atoms with van der Waals surface area (Å²) in [6.45, 7) is 2.36. The molecule has 1 aliphatic rings.